The van der Waals surface area contributed by atoms with Crippen molar-refractivity contribution in [1.29, 1.82) is 0 Å². The highest BCUT2D eigenvalue weighted by molar-refractivity contribution is 5.60. The second-order valence-corrected chi connectivity index (χ2v) is 6.82. The van der Waals surface area contributed by atoms with Crippen molar-refractivity contribution in [3.05, 3.63) is 77.9 Å². The van der Waals surface area contributed by atoms with Gasteiger partial charge in [-0.3, -0.25) is 0 Å². The van der Waals surface area contributed by atoms with Crippen LogP contribution in [0.5, 0.6) is 0 Å². The number of carbonyl (C=O) groups excluding carboxylic acids is 1. The zero-order valence-corrected chi connectivity index (χ0v) is 14.2. The second kappa shape index (κ2) is 8.63. The highest BCUT2D eigenvalue weighted by Crippen LogP contribution is 2.38. The number of carbonyl (C=O) groups is 1. The summed E-state index contributed by atoms with van der Waals surface area (Å²) in [5.74, 6) is 0.751. The molecule has 2 unspecified atom stereocenters. The third-order valence-corrected chi connectivity index (χ3v) is 5.25. The zero-order chi connectivity index (χ0) is 16.6. The highest BCUT2D eigenvalue weighted by atomic mass is 16.1. The molecule has 3 rings (SSSR count). The van der Waals surface area contributed by atoms with Gasteiger partial charge in [-0.05, 0) is 29.9 Å². The minimum absolute atomic E-state index is 0.0765. The fourth-order valence-electron chi connectivity index (χ4n) is 3.92. The van der Waals surface area contributed by atoms with E-state index in [1.54, 1.807) is 0 Å². The molecule has 1 saturated carbocycles. The van der Waals surface area contributed by atoms with E-state index in [2.05, 4.69) is 60.7 Å². The van der Waals surface area contributed by atoms with E-state index in [0.29, 0.717) is 5.92 Å². The maximum atomic E-state index is 12.0. The highest BCUT2D eigenvalue weighted by Gasteiger charge is 2.29. The zero-order valence-electron chi connectivity index (χ0n) is 14.2. The molecule has 0 bridgehead atoms. The minimum Gasteiger partial charge on any atom is -0.303 e. The molecule has 2 atom stereocenters. The number of aldehydes is 1. The van der Waals surface area contributed by atoms with E-state index >= 15 is 0 Å². The monoisotopic (exact) mass is 318 g/mol. The molecular weight excluding hydrogens is 292 g/mol. The Kier molecular flexibility index (Phi) is 6.01. The summed E-state index contributed by atoms with van der Waals surface area (Å²) in [7, 11) is 0. The molecule has 1 aliphatic carbocycles. The van der Waals surface area contributed by atoms with Crippen molar-refractivity contribution in [3.8, 4) is 0 Å². The Hall–Kier alpha value is -2.15. The van der Waals surface area contributed by atoms with Crippen molar-refractivity contribution in [2.24, 2.45) is 11.8 Å². The largest absolute Gasteiger partial charge is 0.303 e. The Labute approximate surface area is 145 Å². The molecule has 1 nitrogen and oxygen atoms in total. The summed E-state index contributed by atoms with van der Waals surface area (Å²) < 4.78 is 0. The molecule has 0 spiro atoms. The van der Waals surface area contributed by atoms with Crippen LogP contribution >= 0.6 is 0 Å². The predicted octanol–water partition coefficient (Wildman–Crippen LogP) is 5.88. The van der Waals surface area contributed by atoms with Crippen LogP contribution in [0, 0.1) is 11.8 Å². The Morgan fingerprint density at radius 2 is 1.46 bits per heavy atom. The van der Waals surface area contributed by atoms with E-state index in [9.17, 15) is 4.79 Å². The van der Waals surface area contributed by atoms with Crippen LogP contribution in [0.25, 0.3) is 6.08 Å². The Bertz CT molecular complexity index is 638. The average Bonchev–Trinajstić information content (AvgIpc) is 2.67. The molecule has 0 N–H and O–H groups in total. The summed E-state index contributed by atoms with van der Waals surface area (Å²) in [6.07, 6.45) is 11.8. The lowest BCUT2D eigenvalue weighted by Crippen LogP contribution is -2.24. The molecule has 0 aliphatic heterocycles. The lowest BCUT2D eigenvalue weighted by molar-refractivity contribution is -0.113. The van der Waals surface area contributed by atoms with E-state index in [0.717, 1.165) is 0 Å². The average molecular weight is 318 g/mol. The molecule has 0 saturated heterocycles. The maximum Gasteiger partial charge on any atom is 0.124 e. The first-order valence-electron chi connectivity index (χ1n) is 9.12. The Morgan fingerprint density at radius 1 is 0.833 bits per heavy atom. The van der Waals surface area contributed by atoms with Gasteiger partial charge in [0, 0.05) is 11.8 Å². The van der Waals surface area contributed by atoms with Gasteiger partial charge in [0.05, 0.1) is 0 Å². The molecular formula is C23H26O. The first-order valence-corrected chi connectivity index (χ1v) is 9.12. The summed E-state index contributed by atoms with van der Waals surface area (Å²) >= 11 is 0. The molecule has 0 amide bonds. The van der Waals surface area contributed by atoms with E-state index in [1.807, 2.05) is 12.1 Å². The van der Waals surface area contributed by atoms with Crippen LogP contribution in [-0.4, -0.2) is 6.29 Å². The van der Waals surface area contributed by atoms with Crippen molar-refractivity contribution in [2.75, 3.05) is 0 Å². The molecule has 0 heterocycles. The fourth-order valence-corrected chi connectivity index (χ4v) is 3.92. The normalized spacial score (nSPS) is 18.3. The van der Waals surface area contributed by atoms with E-state index < -0.39 is 0 Å². The summed E-state index contributed by atoms with van der Waals surface area (Å²) in [5, 5.41) is 0. The molecule has 0 radical (unpaired) electrons. The third-order valence-electron chi connectivity index (χ3n) is 5.25. The molecule has 2 aromatic carbocycles. The second-order valence-electron chi connectivity index (χ2n) is 6.82. The van der Waals surface area contributed by atoms with Crippen LogP contribution in [-0.2, 0) is 4.79 Å². The van der Waals surface area contributed by atoms with Crippen LogP contribution in [0.4, 0.5) is 0 Å². The van der Waals surface area contributed by atoms with Crippen molar-refractivity contribution in [3.63, 3.8) is 0 Å². The quantitative estimate of drug-likeness (QED) is 0.608. The van der Waals surface area contributed by atoms with E-state index in [1.165, 1.54) is 49.5 Å². The topological polar surface area (TPSA) is 17.1 Å². The smallest absolute Gasteiger partial charge is 0.124 e. The molecule has 1 aliphatic rings. The Balaban J connectivity index is 1.88. The third kappa shape index (κ3) is 4.23. The van der Waals surface area contributed by atoms with Gasteiger partial charge in [0.1, 0.15) is 6.29 Å². The summed E-state index contributed by atoms with van der Waals surface area (Å²) in [6.45, 7) is 0. The van der Waals surface area contributed by atoms with Crippen molar-refractivity contribution in [1.82, 2.24) is 0 Å². The molecule has 2 aromatic rings. The van der Waals surface area contributed by atoms with Crippen molar-refractivity contribution < 1.29 is 4.79 Å². The van der Waals surface area contributed by atoms with Gasteiger partial charge in [-0.15, -0.1) is 0 Å². The van der Waals surface area contributed by atoms with Crippen LogP contribution in [0.1, 0.15) is 49.1 Å². The number of benzene rings is 2. The van der Waals surface area contributed by atoms with Gasteiger partial charge in [0.25, 0.3) is 0 Å². The lowest BCUT2D eigenvalue weighted by Gasteiger charge is -2.31. The predicted molar refractivity (Wildman–Crippen MR) is 101 cm³/mol. The van der Waals surface area contributed by atoms with Gasteiger partial charge in [0.15, 0.2) is 0 Å². The molecule has 1 heteroatoms. The van der Waals surface area contributed by atoms with E-state index in [4.69, 9.17) is 0 Å². The van der Waals surface area contributed by atoms with Gasteiger partial charge < -0.3 is 4.79 Å². The standard InChI is InChI=1S/C23H26O/c24-18-23(21-14-8-3-9-15-21)22(20-12-6-2-7-13-20)17-16-19-10-4-1-5-11-19/h1-2,4-7,10-13,16-18,21-23H,3,8-9,14-15H2/b17-16+. The number of allylic oxidation sites excluding steroid dienone is 1. The van der Waals surface area contributed by atoms with Crippen LogP contribution in [0.3, 0.4) is 0 Å². The van der Waals surface area contributed by atoms with Crippen molar-refractivity contribution in [2.45, 2.75) is 38.0 Å². The first-order chi connectivity index (χ1) is 11.9. The van der Waals surface area contributed by atoms with Crippen LogP contribution in [0.2, 0.25) is 0 Å². The van der Waals surface area contributed by atoms with Gasteiger partial charge in [-0.1, -0.05) is 92.1 Å². The summed E-state index contributed by atoms with van der Waals surface area (Å²) in [6, 6.07) is 20.8. The lowest BCUT2D eigenvalue weighted by atomic mass is 9.72. The number of hydrogen-bond donors (Lipinski definition) is 0. The van der Waals surface area contributed by atoms with Crippen LogP contribution in [0.15, 0.2) is 66.7 Å². The van der Waals surface area contributed by atoms with Crippen molar-refractivity contribution >= 4 is 12.4 Å². The molecule has 1 fully saturated rings. The first kappa shape index (κ1) is 16.7. The Morgan fingerprint density at radius 3 is 2.08 bits per heavy atom. The van der Waals surface area contributed by atoms with E-state index in [-0.39, 0.29) is 11.8 Å². The number of hydrogen-bond acceptors (Lipinski definition) is 1. The minimum atomic E-state index is 0.0765. The fraction of sp³-hybridized carbons (Fsp3) is 0.348. The molecule has 124 valence electrons. The van der Waals surface area contributed by atoms with Gasteiger partial charge in [-0.2, -0.15) is 0 Å². The molecule has 24 heavy (non-hydrogen) atoms. The van der Waals surface area contributed by atoms with Gasteiger partial charge in [0.2, 0.25) is 0 Å². The SMILES string of the molecule is O=CC(C1CCCCC1)C(/C=C/c1ccccc1)c1ccccc1. The summed E-state index contributed by atoms with van der Waals surface area (Å²) in [5.41, 5.74) is 2.43. The summed E-state index contributed by atoms with van der Waals surface area (Å²) in [4.78, 5) is 12.0. The van der Waals surface area contributed by atoms with Crippen LogP contribution < -0.4 is 0 Å². The number of rotatable bonds is 6. The van der Waals surface area contributed by atoms with Gasteiger partial charge >= 0.3 is 0 Å². The molecule has 0 aromatic heterocycles. The van der Waals surface area contributed by atoms with Gasteiger partial charge in [-0.25, -0.2) is 0 Å². The maximum absolute atomic E-state index is 12.0.